The van der Waals surface area contributed by atoms with E-state index in [9.17, 15) is 4.39 Å². The summed E-state index contributed by atoms with van der Waals surface area (Å²) in [7, 11) is 0. The predicted octanol–water partition coefficient (Wildman–Crippen LogP) is 10.9. The van der Waals surface area contributed by atoms with Crippen molar-refractivity contribution in [3.63, 3.8) is 0 Å². The Bertz CT molecular complexity index is 2260. The van der Waals surface area contributed by atoms with E-state index in [4.69, 9.17) is 9.84 Å². The molecule has 0 aliphatic carbocycles. The molecule has 0 radical (unpaired) electrons. The normalized spacial score (nSPS) is 11.9. The average Bonchev–Trinajstić information content (AvgIpc) is 3.52. The Morgan fingerprint density at radius 2 is 1.57 bits per heavy atom. The molecule has 6 heteroatoms. The zero-order valence-electron chi connectivity index (χ0n) is 27.8. The van der Waals surface area contributed by atoms with Gasteiger partial charge in [-0.1, -0.05) is 51.1 Å². The number of halogens is 1. The van der Waals surface area contributed by atoms with Crippen molar-refractivity contribution < 1.29 is 9.13 Å². The van der Waals surface area contributed by atoms with Gasteiger partial charge in [0.25, 0.3) is 0 Å². The fourth-order valence-electron chi connectivity index (χ4n) is 6.47. The second-order valence-corrected chi connectivity index (χ2v) is 13.7. The molecule has 0 fully saturated rings. The van der Waals surface area contributed by atoms with Gasteiger partial charge in [0.1, 0.15) is 23.1 Å². The molecule has 0 amide bonds. The van der Waals surface area contributed by atoms with Crippen molar-refractivity contribution in [3.8, 4) is 34.1 Å². The minimum atomic E-state index is -0.270. The highest BCUT2D eigenvalue weighted by molar-refractivity contribution is 6.09. The van der Waals surface area contributed by atoms with Crippen molar-refractivity contribution in [2.24, 2.45) is 5.41 Å². The number of aromatic nitrogens is 4. The predicted molar refractivity (Wildman–Crippen MR) is 190 cm³/mol. The molecular weight excluding hydrogens is 583 g/mol. The van der Waals surface area contributed by atoms with Gasteiger partial charge in [0.05, 0.1) is 22.4 Å². The number of nitrogens with zero attached hydrogens (tertiary/aromatic N) is 4. The van der Waals surface area contributed by atoms with Crippen LogP contribution in [-0.4, -0.2) is 19.3 Å². The Balaban J connectivity index is 1.34. The van der Waals surface area contributed by atoms with Crippen LogP contribution < -0.4 is 4.74 Å². The summed E-state index contributed by atoms with van der Waals surface area (Å²) in [5.74, 6) is 1.93. The molecule has 5 nitrogen and oxygen atoms in total. The Morgan fingerprint density at radius 1 is 0.766 bits per heavy atom. The Morgan fingerprint density at radius 3 is 2.34 bits per heavy atom. The highest BCUT2D eigenvalue weighted by Gasteiger charge is 2.19. The molecule has 0 saturated heterocycles. The van der Waals surface area contributed by atoms with Crippen LogP contribution in [0.2, 0.25) is 0 Å². The third-order valence-electron chi connectivity index (χ3n) is 8.78. The maximum Gasteiger partial charge on any atom is 0.137 e. The molecule has 0 saturated carbocycles. The van der Waals surface area contributed by atoms with Gasteiger partial charge in [-0.3, -0.25) is 4.57 Å². The highest BCUT2D eigenvalue weighted by Crippen LogP contribution is 2.37. The molecule has 3 aromatic heterocycles. The molecule has 4 aromatic carbocycles. The van der Waals surface area contributed by atoms with E-state index >= 15 is 0 Å². The molecule has 0 spiro atoms. The number of aryl methyl sites for hydroxylation is 3. The SMILES string of the molecule is Cc1ccnc(-n2c3ccc(F)cc3c3ccc(Oc4cc(CCC(C)(C)C)cc(-n5nc(C)c(-c6ccccc6)c5C)c4)cc32)c1. The molecular formula is C41H39FN4O. The first kappa shape index (κ1) is 30.4. The maximum atomic E-state index is 14.5. The number of pyridine rings is 1. The lowest BCUT2D eigenvalue weighted by atomic mass is 9.88. The van der Waals surface area contributed by atoms with E-state index in [1.807, 2.05) is 54.1 Å². The highest BCUT2D eigenvalue weighted by atomic mass is 19.1. The molecule has 0 aliphatic heterocycles. The molecule has 7 aromatic rings. The van der Waals surface area contributed by atoms with Gasteiger partial charge in [-0.25, -0.2) is 14.1 Å². The van der Waals surface area contributed by atoms with Crippen LogP contribution in [0.3, 0.4) is 0 Å². The minimum Gasteiger partial charge on any atom is -0.457 e. The van der Waals surface area contributed by atoms with E-state index in [2.05, 4.69) is 86.6 Å². The van der Waals surface area contributed by atoms with Gasteiger partial charge in [0.15, 0.2) is 0 Å². The maximum absolute atomic E-state index is 14.5. The summed E-state index contributed by atoms with van der Waals surface area (Å²) in [6, 6.07) is 31.8. The van der Waals surface area contributed by atoms with E-state index in [-0.39, 0.29) is 11.2 Å². The van der Waals surface area contributed by atoms with Crippen LogP contribution >= 0.6 is 0 Å². The second-order valence-electron chi connectivity index (χ2n) is 13.7. The molecule has 0 atom stereocenters. The van der Waals surface area contributed by atoms with Gasteiger partial charge in [-0.05, 0) is 110 Å². The van der Waals surface area contributed by atoms with E-state index in [1.54, 1.807) is 12.3 Å². The number of rotatable bonds is 7. The standard InChI is InChI=1S/C41H39FN4O/c1-26-17-19-43-39(20-26)45-37-15-12-31(42)23-36(37)35-14-13-33(25-38(35)45)47-34-22-29(16-18-41(4,5)6)21-32(24-34)46-28(3)40(27(2)44-46)30-10-8-7-9-11-30/h7-15,17,19-25H,16,18H2,1-6H3. The van der Waals surface area contributed by atoms with Gasteiger partial charge in [-0.2, -0.15) is 5.10 Å². The molecule has 3 heterocycles. The van der Waals surface area contributed by atoms with E-state index < -0.39 is 0 Å². The van der Waals surface area contributed by atoms with Crippen LogP contribution in [0.15, 0.2) is 103 Å². The fraction of sp³-hybridized carbons (Fsp3) is 0.220. The van der Waals surface area contributed by atoms with E-state index in [0.717, 1.165) is 80.0 Å². The van der Waals surface area contributed by atoms with Crippen molar-refractivity contribution in [2.45, 2.75) is 54.4 Å². The number of fused-ring (bicyclic) bond motifs is 3. The largest absolute Gasteiger partial charge is 0.457 e. The first-order valence-electron chi connectivity index (χ1n) is 16.1. The third-order valence-corrected chi connectivity index (χ3v) is 8.78. The van der Waals surface area contributed by atoms with Crippen LogP contribution in [0.25, 0.3) is 44.4 Å². The Hall–Kier alpha value is -5.23. The van der Waals surface area contributed by atoms with Crippen LogP contribution in [0.4, 0.5) is 4.39 Å². The summed E-state index contributed by atoms with van der Waals surface area (Å²) in [5.41, 5.74) is 9.59. The summed E-state index contributed by atoms with van der Waals surface area (Å²) in [6.45, 7) is 13.0. The van der Waals surface area contributed by atoms with Crippen molar-refractivity contribution >= 4 is 21.8 Å². The van der Waals surface area contributed by atoms with Crippen LogP contribution in [-0.2, 0) is 6.42 Å². The molecule has 47 heavy (non-hydrogen) atoms. The first-order valence-corrected chi connectivity index (χ1v) is 16.1. The zero-order valence-corrected chi connectivity index (χ0v) is 27.8. The smallest absolute Gasteiger partial charge is 0.137 e. The van der Waals surface area contributed by atoms with Gasteiger partial charge in [0, 0.05) is 40.4 Å². The van der Waals surface area contributed by atoms with Crippen LogP contribution in [0.5, 0.6) is 11.5 Å². The van der Waals surface area contributed by atoms with Crippen molar-refractivity contribution in [2.75, 3.05) is 0 Å². The van der Waals surface area contributed by atoms with Crippen molar-refractivity contribution in [1.82, 2.24) is 19.3 Å². The molecule has 236 valence electrons. The lowest BCUT2D eigenvalue weighted by Crippen LogP contribution is -2.07. The van der Waals surface area contributed by atoms with Gasteiger partial charge in [-0.15, -0.1) is 0 Å². The van der Waals surface area contributed by atoms with Gasteiger partial charge in [0.2, 0.25) is 0 Å². The molecule has 0 bridgehead atoms. The lowest BCUT2D eigenvalue weighted by Gasteiger charge is -2.19. The van der Waals surface area contributed by atoms with Crippen LogP contribution in [0, 0.1) is 32.0 Å². The summed E-state index contributed by atoms with van der Waals surface area (Å²) in [6.07, 6.45) is 3.75. The fourth-order valence-corrected chi connectivity index (χ4v) is 6.47. The summed E-state index contributed by atoms with van der Waals surface area (Å²) in [4.78, 5) is 4.67. The summed E-state index contributed by atoms with van der Waals surface area (Å²) < 4.78 is 25.2. The van der Waals surface area contributed by atoms with E-state index in [1.165, 1.54) is 11.6 Å². The summed E-state index contributed by atoms with van der Waals surface area (Å²) >= 11 is 0. The topological polar surface area (TPSA) is 44.9 Å². The minimum absolute atomic E-state index is 0.192. The lowest BCUT2D eigenvalue weighted by molar-refractivity contribution is 0.378. The monoisotopic (exact) mass is 622 g/mol. The zero-order chi connectivity index (χ0) is 32.9. The number of ether oxygens (including phenoxy) is 1. The second kappa shape index (κ2) is 11.8. The average molecular weight is 623 g/mol. The number of benzene rings is 4. The molecule has 7 rings (SSSR count). The number of hydrogen-bond donors (Lipinski definition) is 0. The first-order chi connectivity index (χ1) is 22.5. The third kappa shape index (κ3) is 6.03. The van der Waals surface area contributed by atoms with Gasteiger partial charge < -0.3 is 4.74 Å². The summed E-state index contributed by atoms with van der Waals surface area (Å²) in [5, 5.41) is 6.77. The van der Waals surface area contributed by atoms with Crippen molar-refractivity contribution in [3.05, 3.63) is 132 Å². The molecule has 0 aliphatic rings. The Kier molecular flexibility index (Phi) is 7.67. The van der Waals surface area contributed by atoms with Crippen molar-refractivity contribution in [1.29, 1.82) is 0 Å². The molecule has 0 N–H and O–H groups in total. The van der Waals surface area contributed by atoms with Gasteiger partial charge >= 0.3 is 0 Å². The Labute approximate surface area is 275 Å². The number of hydrogen-bond acceptors (Lipinski definition) is 3. The quantitative estimate of drug-likeness (QED) is 0.178. The van der Waals surface area contributed by atoms with Crippen LogP contribution in [0.1, 0.15) is 49.7 Å². The molecule has 0 unspecified atom stereocenters. The van der Waals surface area contributed by atoms with E-state index in [0.29, 0.717) is 5.75 Å².